The lowest BCUT2D eigenvalue weighted by atomic mass is 10.1. The Kier molecular flexibility index (Phi) is 11.4. The third kappa shape index (κ3) is 6.77. The first-order valence-corrected chi connectivity index (χ1v) is 12.9. The van der Waals surface area contributed by atoms with Crippen LogP contribution in [-0.2, 0) is 15.6 Å². The van der Waals surface area contributed by atoms with Crippen molar-refractivity contribution in [1.29, 1.82) is 0 Å². The van der Waals surface area contributed by atoms with Crippen LogP contribution in [-0.4, -0.2) is 73.3 Å². The predicted molar refractivity (Wildman–Crippen MR) is 138 cm³/mol. The molecule has 0 saturated heterocycles. The number of nitrogen functional groups attached to an aromatic ring is 1. The standard InChI is InChI=1S/C15H13BrN6O2.C3H9O3PS.CH4O/c16-14-19-11-12(21(14)5-6-23)20-15-18-10(7-22(15)13(11)24)8-1-3-9(17)4-2-8;1-5-7(8)6-3-2-4;1-2/h1-4,7,23H,5-6,17H2,(H,18,20);4,8H,2-3H2,1H3;2H,1H3. The van der Waals surface area contributed by atoms with Crippen LogP contribution < -0.4 is 11.3 Å². The molecule has 0 aliphatic heterocycles. The van der Waals surface area contributed by atoms with Crippen LogP contribution in [0.3, 0.4) is 0 Å². The number of benzene rings is 1. The Bertz CT molecular complexity index is 1250. The summed E-state index contributed by atoms with van der Waals surface area (Å²) in [6.45, 7) is 0.531. The van der Waals surface area contributed by atoms with E-state index in [2.05, 4.69) is 47.7 Å². The van der Waals surface area contributed by atoms with Crippen LogP contribution in [0.2, 0.25) is 0 Å². The number of aliphatic hydroxyl groups excluding tert-OH is 3. The summed E-state index contributed by atoms with van der Waals surface area (Å²) in [6, 6.07) is 7.32. The molecule has 0 radical (unpaired) electrons. The molecule has 34 heavy (non-hydrogen) atoms. The fourth-order valence-corrected chi connectivity index (χ4v) is 3.92. The van der Waals surface area contributed by atoms with E-state index in [-0.39, 0.29) is 24.3 Å². The molecule has 0 amide bonds. The van der Waals surface area contributed by atoms with Gasteiger partial charge in [0.25, 0.3) is 5.56 Å². The Balaban J connectivity index is 0.000000350. The summed E-state index contributed by atoms with van der Waals surface area (Å²) in [5.41, 5.74) is 8.41. The van der Waals surface area contributed by atoms with Crippen molar-refractivity contribution in [3.05, 3.63) is 45.5 Å². The number of aromatic nitrogens is 5. The molecule has 3 aromatic heterocycles. The van der Waals surface area contributed by atoms with Gasteiger partial charge in [-0.25, -0.2) is 9.38 Å². The van der Waals surface area contributed by atoms with E-state index >= 15 is 0 Å². The summed E-state index contributed by atoms with van der Waals surface area (Å²) in [6.07, 6.45) is 1.69. The number of aliphatic hydroxyl groups is 3. The summed E-state index contributed by atoms with van der Waals surface area (Å²) >= 11 is 7.17. The average molecular weight is 577 g/mol. The van der Waals surface area contributed by atoms with E-state index in [4.69, 9.17) is 20.5 Å². The zero-order chi connectivity index (χ0) is 25.3. The SMILES string of the molecule is CO.COP(S)OCCO.Nc1ccc(-c2cn3c(=O)c4nc(Br)n(CCO)c4nc3[nH]2)cc1. The number of H-pyrrole nitrogens is 1. The molecule has 0 saturated carbocycles. The Hall–Kier alpha value is -2.03. The van der Waals surface area contributed by atoms with Crippen LogP contribution in [0.5, 0.6) is 0 Å². The van der Waals surface area contributed by atoms with E-state index in [1.54, 1.807) is 22.9 Å². The number of nitrogens with zero attached hydrogens (tertiary/aromatic N) is 4. The fourth-order valence-electron chi connectivity index (χ4n) is 2.81. The van der Waals surface area contributed by atoms with E-state index < -0.39 is 7.58 Å². The number of hydrogen-bond acceptors (Lipinski definition) is 10. The summed E-state index contributed by atoms with van der Waals surface area (Å²) in [5.74, 6) is 0.408. The lowest BCUT2D eigenvalue weighted by Gasteiger charge is -2.05. The third-order valence-corrected chi connectivity index (χ3v) is 6.41. The Labute approximate surface area is 209 Å². The number of hydrogen-bond donors (Lipinski definition) is 6. The molecule has 1 atom stereocenters. The molecular formula is C19H26BrN6O6PS. The van der Waals surface area contributed by atoms with Gasteiger partial charge in [0.2, 0.25) is 13.4 Å². The van der Waals surface area contributed by atoms with Gasteiger partial charge in [-0.1, -0.05) is 24.4 Å². The van der Waals surface area contributed by atoms with Crippen molar-refractivity contribution >= 4 is 58.4 Å². The van der Waals surface area contributed by atoms with Gasteiger partial charge >= 0.3 is 0 Å². The van der Waals surface area contributed by atoms with Crippen molar-refractivity contribution in [3.63, 3.8) is 0 Å². The van der Waals surface area contributed by atoms with Crippen LogP contribution in [0.15, 0.2) is 40.0 Å². The molecule has 0 bridgehead atoms. The zero-order valence-electron chi connectivity index (χ0n) is 18.4. The molecule has 3 heterocycles. The van der Waals surface area contributed by atoms with Gasteiger partial charge in [0, 0.05) is 32.6 Å². The van der Waals surface area contributed by atoms with Gasteiger partial charge in [0.15, 0.2) is 15.9 Å². The smallest absolute Gasteiger partial charge is 0.287 e. The second kappa shape index (κ2) is 13.8. The molecule has 15 heteroatoms. The van der Waals surface area contributed by atoms with Gasteiger partial charge < -0.3 is 39.7 Å². The molecule has 12 nitrogen and oxygen atoms in total. The van der Waals surface area contributed by atoms with Crippen LogP contribution >= 0.6 is 35.8 Å². The van der Waals surface area contributed by atoms with Gasteiger partial charge in [-0.3, -0.25) is 4.79 Å². The monoisotopic (exact) mass is 576 g/mol. The Morgan fingerprint density at radius 3 is 2.47 bits per heavy atom. The maximum Gasteiger partial charge on any atom is 0.287 e. The number of anilines is 1. The number of rotatable bonds is 7. The third-order valence-electron chi connectivity index (χ3n) is 4.25. The second-order valence-corrected chi connectivity index (χ2v) is 9.09. The number of thiol groups is 1. The van der Waals surface area contributed by atoms with Crippen molar-refractivity contribution in [2.24, 2.45) is 0 Å². The topological polar surface area (TPSA) is 173 Å². The summed E-state index contributed by atoms with van der Waals surface area (Å²) in [5, 5.41) is 24.4. The lowest BCUT2D eigenvalue weighted by molar-refractivity contribution is 0.200. The van der Waals surface area contributed by atoms with E-state index in [0.29, 0.717) is 35.0 Å². The molecule has 4 aromatic rings. The highest BCUT2D eigenvalue weighted by atomic mass is 79.9. The maximum atomic E-state index is 12.7. The van der Waals surface area contributed by atoms with Gasteiger partial charge in [-0.15, -0.1) is 0 Å². The lowest BCUT2D eigenvalue weighted by Crippen LogP contribution is -2.14. The molecule has 186 valence electrons. The molecule has 0 aliphatic rings. The fraction of sp³-hybridized carbons (Fsp3) is 0.316. The number of fused-ring (bicyclic) bond motifs is 2. The number of nitrogens with two attached hydrogens (primary N) is 1. The number of aromatic amines is 1. The van der Waals surface area contributed by atoms with Gasteiger partial charge in [0.1, 0.15) is 0 Å². The van der Waals surface area contributed by atoms with Gasteiger partial charge in [-0.05, 0) is 33.6 Å². The second-order valence-electron chi connectivity index (χ2n) is 6.31. The highest BCUT2D eigenvalue weighted by Crippen LogP contribution is 2.41. The minimum atomic E-state index is -1.05. The number of nitrogens with one attached hydrogen (secondary N) is 1. The quantitative estimate of drug-likeness (QED) is 0.0829. The number of halogens is 1. The Morgan fingerprint density at radius 2 is 1.88 bits per heavy atom. The number of imidazole rings is 2. The minimum absolute atomic E-state index is 0.0166. The van der Waals surface area contributed by atoms with E-state index in [9.17, 15) is 9.90 Å². The largest absolute Gasteiger partial charge is 0.400 e. The molecule has 0 aliphatic carbocycles. The van der Waals surface area contributed by atoms with Crippen LogP contribution in [0.1, 0.15) is 0 Å². The van der Waals surface area contributed by atoms with Gasteiger partial charge in [0.05, 0.1) is 25.5 Å². The average Bonchev–Trinajstić information content (AvgIpc) is 3.42. The Morgan fingerprint density at radius 1 is 1.21 bits per heavy atom. The van der Waals surface area contributed by atoms with Crippen molar-refractivity contribution in [1.82, 2.24) is 23.9 Å². The summed E-state index contributed by atoms with van der Waals surface area (Å²) < 4.78 is 13.0. The highest BCUT2D eigenvalue weighted by Gasteiger charge is 2.16. The molecule has 4 rings (SSSR count). The molecule has 0 spiro atoms. The van der Waals surface area contributed by atoms with Crippen LogP contribution in [0.4, 0.5) is 5.69 Å². The first-order valence-electron chi connectivity index (χ1n) is 9.75. The molecule has 6 N–H and O–H groups in total. The highest BCUT2D eigenvalue weighted by molar-refractivity contribution is 9.10. The van der Waals surface area contributed by atoms with Crippen molar-refractivity contribution in [2.75, 3.05) is 39.8 Å². The van der Waals surface area contributed by atoms with E-state index in [0.717, 1.165) is 18.4 Å². The van der Waals surface area contributed by atoms with Crippen LogP contribution in [0.25, 0.3) is 28.2 Å². The summed E-state index contributed by atoms with van der Waals surface area (Å²) in [7, 11) is 1.46. The molecule has 0 fully saturated rings. The van der Waals surface area contributed by atoms with Gasteiger partial charge in [-0.2, -0.15) is 4.98 Å². The van der Waals surface area contributed by atoms with Crippen molar-refractivity contribution in [3.8, 4) is 11.3 Å². The predicted octanol–water partition coefficient (Wildman–Crippen LogP) is 1.78. The summed E-state index contributed by atoms with van der Waals surface area (Å²) in [4.78, 5) is 24.5. The first-order chi connectivity index (χ1) is 16.4. The van der Waals surface area contributed by atoms with Crippen LogP contribution in [0, 0.1) is 0 Å². The molecule has 1 aromatic carbocycles. The van der Waals surface area contributed by atoms with E-state index in [1.165, 1.54) is 11.5 Å². The molecular weight excluding hydrogens is 551 g/mol. The maximum absolute atomic E-state index is 12.7. The minimum Gasteiger partial charge on any atom is -0.400 e. The van der Waals surface area contributed by atoms with Crippen molar-refractivity contribution in [2.45, 2.75) is 6.54 Å². The van der Waals surface area contributed by atoms with Crippen molar-refractivity contribution < 1.29 is 24.4 Å². The normalized spacial score (nSPS) is 11.6. The first kappa shape index (κ1) is 28.2. The van der Waals surface area contributed by atoms with E-state index in [1.807, 2.05) is 12.1 Å². The zero-order valence-corrected chi connectivity index (χ0v) is 21.8. The molecule has 1 unspecified atom stereocenters.